The molecule has 0 aromatic heterocycles. The molecule has 3 rings (SSSR count). The van der Waals surface area contributed by atoms with E-state index in [1.807, 2.05) is 32.0 Å². The number of benzene rings is 3. The molecule has 2 amide bonds. The van der Waals surface area contributed by atoms with E-state index in [1.165, 1.54) is 43.5 Å². The number of rotatable bonds is 7. The molecular weight excluding hydrogens is 476 g/mol. The van der Waals surface area contributed by atoms with Gasteiger partial charge in [0.1, 0.15) is 0 Å². The van der Waals surface area contributed by atoms with Crippen molar-refractivity contribution < 1.29 is 22.7 Å². The van der Waals surface area contributed by atoms with Crippen LogP contribution < -0.4 is 10.6 Å². The number of halogens is 1. The van der Waals surface area contributed by atoms with Crippen LogP contribution in [0.5, 0.6) is 0 Å². The first-order chi connectivity index (χ1) is 16.1. The third-order valence-electron chi connectivity index (χ3n) is 5.24. The molecule has 0 aliphatic carbocycles. The normalized spacial score (nSPS) is 12.0. The lowest BCUT2D eigenvalue weighted by Gasteiger charge is -2.17. The average molecular weight is 501 g/mol. The van der Waals surface area contributed by atoms with Crippen LogP contribution in [0, 0.1) is 6.92 Å². The fourth-order valence-corrected chi connectivity index (χ4v) is 4.99. The van der Waals surface area contributed by atoms with Crippen molar-refractivity contribution in [1.29, 1.82) is 0 Å². The number of sulfone groups is 1. The van der Waals surface area contributed by atoms with Crippen molar-refractivity contribution >= 4 is 39.1 Å². The number of aryl methyl sites for hydroxylation is 1. The highest BCUT2D eigenvalue weighted by atomic mass is 35.5. The monoisotopic (exact) mass is 500 g/mol. The zero-order valence-electron chi connectivity index (χ0n) is 19.0. The molecule has 178 valence electrons. The number of carbonyl (C=O) groups excluding carboxylic acids is 2. The largest absolute Gasteiger partial charge is 0.465 e. The zero-order chi connectivity index (χ0) is 24.9. The van der Waals surface area contributed by atoms with Gasteiger partial charge in [0, 0.05) is 10.7 Å². The summed E-state index contributed by atoms with van der Waals surface area (Å²) in [7, 11) is -2.34. The summed E-state index contributed by atoms with van der Waals surface area (Å²) in [4.78, 5) is 24.0. The highest BCUT2D eigenvalue weighted by Gasteiger charge is 2.17. The van der Waals surface area contributed by atoms with Crippen molar-refractivity contribution in [1.82, 2.24) is 5.32 Å². The maximum Gasteiger partial charge on any atom is 0.337 e. The second kappa shape index (κ2) is 10.7. The molecule has 0 aliphatic rings. The van der Waals surface area contributed by atoms with Gasteiger partial charge in [-0.05, 0) is 66.9 Å². The predicted molar refractivity (Wildman–Crippen MR) is 132 cm³/mol. The first-order valence-electron chi connectivity index (χ1n) is 10.4. The first-order valence-corrected chi connectivity index (χ1v) is 12.5. The Kier molecular flexibility index (Phi) is 7.96. The van der Waals surface area contributed by atoms with Crippen LogP contribution in [0.2, 0.25) is 5.02 Å². The van der Waals surface area contributed by atoms with Gasteiger partial charge < -0.3 is 15.4 Å². The summed E-state index contributed by atoms with van der Waals surface area (Å²) in [6, 6.07) is 17.0. The lowest BCUT2D eigenvalue weighted by molar-refractivity contribution is 0.0600. The number of anilines is 1. The second-order valence-electron chi connectivity index (χ2n) is 7.77. The molecule has 7 nitrogen and oxygen atoms in total. The van der Waals surface area contributed by atoms with Crippen molar-refractivity contribution in [2.75, 3.05) is 12.4 Å². The lowest BCUT2D eigenvalue weighted by atomic mass is 10.1. The van der Waals surface area contributed by atoms with Gasteiger partial charge in [-0.1, -0.05) is 41.9 Å². The van der Waals surface area contributed by atoms with E-state index in [4.69, 9.17) is 11.6 Å². The van der Waals surface area contributed by atoms with Crippen molar-refractivity contribution in [3.8, 4) is 0 Å². The Bertz CT molecular complexity index is 1290. The topological polar surface area (TPSA) is 102 Å². The van der Waals surface area contributed by atoms with E-state index in [0.29, 0.717) is 21.8 Å². The Balaban J connectivity index is 1.63. The molecule has 34 heavy (non-hydrogen) atoms. The Morgan fingerprint density at radius 2 is 1.65 bits per heavy atom. The highest BCUT2D eigenvalue weighted by Crippen LogP contribution is 2.26. The first kappa shape index (κ1) is 25.3. The van der Waals surface area contributed by atoms with Crippen molar-refractivity contribution in [3.05, 3.63) is 94.0 Å². The summed E-state index contributed by atoms with van der Waals surface area (Å²) in [5.41, 5.74) is 3.05. The molecule has 0 saturated heterocycles. The van der Waals surface area contributed by atoms with Crippen molar-refractivity contribution in [2.24, 2.45) is 0 Å². The van der Waals surface area contributed by atoms with Gasteiger partial charge in [-0.25, -0.2) is 18.0 Å². The minimum absolute atomic E-state index is 0.121. The number of urea groups is 1. The molecule has 3 aromatic rings. The third kappa shape index (κ3) is 6.15. The van der Waals surface area contributed by atoms with Gasteiger partial charge in [-0.3, -0.25) is 0 Å². The molecule has 0 saturated carbocycles. The molecular formula is C25H25ClN2O5S. The number of hydrogen-bond donors (Lipinski definition) is 2. The van der Waals surface area contributed by atoms with Gasteiger partial charge in [0.25, 0.3) is 0 Å². The number of amides is 2. The van der Waals surface area contributed by atoms with Gasteiger partial charge in [0.2, 0.25) is 0 Å². The molecule has 0 spiro atoms. The van der Waals surface area contributed by atoms with Gasteiger partial charge in [-0.15, -0.1) is 0 Å². The van der Waals surface area contributed by atoms with Gasteiger partial charge >= 0.3 is 12.0 Å². The minimum Gasteiger partial charge on any atom is -0.465 e. The highest BCUT2D eigenvalue weighted by molar-refractivity contribution is 7.90. The Morgan fingerprint density at radius 3 is 2.26 bits per heavy atom. The number of esters is 1. The maximum absolute atomic E-state index is 12.8. The summed E-state index contributed by atoms with van der Waals surface area (Å²) in [6.45, 7) is 3.72. The fourth-order valence-electron chi connectivity index (χ4n) is 3.35. The molecule has 9 heteroatoms. The Hall–Kier alpha value is -3.36. The van der Waals surface area contributed by atoms with Crippen LogP contribution in [0.3, 0.4) is 0 Å². The minimum atomic E-state index is -3.62. The lowest BCUT2D eigenvalue weighted by Crippen LogP contribution is -2.31. The number of nitrogens with one attached hydrogen (secondary N) is 2. The van der Waals surface area contributed by atoms with Crippen LogP contribution in [0.25, 0.3) is 0 Å². The summed E-state index contributed by atoms with van der Waals surface area (Å²) in [5, 5.41) is 6.12. The second-order valence-corrected chi connectivity index (χ2v) is 10.1. The SMILES string of the molecule is COC(=O)c1ccc(CS(=O)(=O)c2ccc(NC(=O)N[C@@H](C)c3cccc(C)c3Cl)cc2)cc1. The molecule has 2 N–H and O–H groups in total. The van der Waals surface area contributed by atoms with E-state index in [9.17, 15) is 18.0 Å². The fraction of sp³-hybridized carbons (Fsp3) is 0.200. The van der Waals surface area contributed by atoms with E-state index >= 15 is 0 Å². The van der Waals surface area contributed by atoms with Crippen molar-refractivity contribution in [2.45, 2.75) is 30.5 Å². The number of hydrogen-bond acceptors (Lipinski definition) is 5. The summed E-state index contributed by atoms with van der Waals surface area (Å²) < 4.78 is 30.2. The van der Waals surface area contributed by atoms with E-state index in [1.54, 1.807) is 12.1 Å². The number of carbonyl (C=O) groups is 2. The number of methoxy groups -OCH3 is 1. The van der Waals surface area contributed by atoms with Crippen LogP contribution in [-0.4, -0.2) is 27.5 Å². The van der Waals surface area contributed by atoms with E-state index in [0.717, 1.165) is 11.1 Å². The van der Waals surface area contributed by atoms with Crippen LogP contribution in [0.4, 0.5) is 10.5 Å². The smallest absolute Gasteiger partial charge is 0.337 e. The van der Waals surface area contributed by atoms with Crippen LogP contribution in [0.15, 0.2) is 71.6 Å². The van der Waals surface area contributed by atoms with Crippen molar-refractivity contribution in [3.63, 3.8) is 0 Å². The molecule has 0 heterocycles. The molecule has 0 aliphatic heterocycles. The van der Waals surface area contributed by atoms with Gasteiger partial charge in [0.05, 0.1) is 29.4 Å². The third-order valence-corrected chi connectivity index (χ3v) is 7.46. The summed E-state index contributed by atoms with van der Waals surface area (Å²) >= 11 is 6.33. The molecule has 0 unspecified atom stereocenters. The van der Waals surface area contributed by atoms with Crippen LogP contribution in [0.1, 0.15) is 40.0 Å². The van der Waals surface area contributed by atoms with E-state index < -0.39 is 21.8 Å². The van der Waals surface area contributed by atoms with Gasteiger partial charge in [0.15, 0.2) is 9.84 Å². The number of ether oxygens (including phenoxy) is 1. The van der Waals surface area contributed by atoms with E-state index in [-0.39, 0.29) is 16.7 Å². The van der Waals surface area contributed by atoms with Crippen LogP contribution >= 0.6 is 11.6 Å². The molecule has 1 atom stereocenters. The average Bonchev–Trinajstić information content (AvgIpc) is 2.80. The molecule has 0 fully saturated rings. The standard InChI is InChI=1S/C25H25ClN2O5S/c1-16-5-4-6-22(23(16)26)17(2)27-25(30)28-20-11-13-21(14-12-20)34(31,32)15-18-7-9-19(10-8-18)24(29)33-3/h4-14,17H,15H2,1-3H3,(H2,27,28,30)/t17-/m0/s1. The predicted octanol–water partition coefficient (Wildman–Crippen LogP) is 5.29. The zero-order valence-corrected chi connectivity index (χ0v) is 20.5. The van der Waals surface area contributed by atoms with Gasteiger partial charge in [-0.2, -0.15) is 0 Å². The molecule has 0 radical (unpaired) electrons. The summed E-state index contributed by atoms with van der Waals surface area (Å²) in [5.74, 6) is -0.714. The molecule has 0 bridgehead atoms. The van der Waals surface area contributed by atoms with E-state index in [2.05, 4.69) is 15.4 Å². The Morgan fingerprint density at radius 1 is 1.00 bits per heavy atom. The Labute approximate surface area is 204 Å². The quantitative estimate of drug-likeness (QED) is 0.429. The molecule has 3 aromatic carbocycles. The summed E-state index contributed by atoms with van der Waals surface area (Å²) in [6.07, 6.45) is 0. The van der Waals surface area contributed by atoms with Crippen LogP contribution in [-0.2, 0) is 20.3 Å². The maximum atomic E-state index is 12.8.